The van der Waals surface area contributed by atoms with Crippen LogP contribution in [0.3, 0.4) is 0 Å². The van der Waals surface area contributed by atoms with E-state index in [2.05, 4.69) is 5.32 Å². The second-order valence-electron chi connectivity index (χ2n) is 5.70. The second kappa shape index (κ2) is 6.50. The van der Waals surface area contributed by atoms with Crippen LogP contribution in [0.5, 0.6) is 0 Å². The largest absolute Gasteiger partial charge is 0.460 e. The van der Waals surface area contributed by atoms with E-state index in [1.807, 2.05) is 20.8 Å². The maximum atomic E-state index is 11.5. The topological polar surface area (TPSA) is 56.8 Å². The lowest BCUT2D eigenvalue weighted by atomic mass is 10.0. The molecule has 1 aliphatic rings. The van der Waals surface area contributed by atoms with Crippen LogP contribution in [0.25, 0.3) is 0 Å². The standard InChI is InChI=1S/C13H25NO4/c1-12(2,3)18-11(15)5-7-14-9-13(16-4)6-8-17-10-13/h14H,5-10H2,1-4H3. The predicted molar refractivity (Wildman–Crippen MR) is 68.5 cm³/mol. The lowest BCUT2D eigenvalue weighted by Crippen LogP contribution is -2.43. The molecule has 1 heterocycles. The Hall–Kier alpha value is -0.650. The van der Waals surface area contributed by atoms with Crippen molar-refractivity contribution >= 4 is 5.97 Å². The number of hydrogen-bond acceptors (Lipinski definition) is 5. The third-order valence-electron chi connectivity index (χ3n) is 2.87. The molecular formula is C13H25NO4. The van der Waals surface area contributed by atoms with E-state index in [1.165, 1.54) is 0 Å². The van der Waals surface area contributed by atoms with E-state index in [0.29, 0.717) is 26.1 Å². The number of esters is 1. The van der Waals surface area contributed by atoms with Gasteiger partial charge in [0.25, 0.3) is 0 Å². The summed E-state index contributed by atoms with van der Waals surface area (Å²) in [5.41, 5.74) is -0.641. The summed E-state index contributed by atoms with van der Waals surface area (Å²) in [6.07, 6.45) is 1.26. The lowest BCUT2D eigenvalue weighted by Gasteiger charge is -2.26. The predicted octanol–water partition coefficient (Wildman–Crippen LogP) is 1.11. The van der Waals surface area contributed by atoms with Crippen LogP contribution in [-0.4, -0.2) is 50.6 Å². The highest BCUT2D eigenvalue weighted by Crippen LogP contribution is 2.21. The molecule has 0 aromatic heterocycles. The molecule has 1 aliphatic heterocycles. The zero-order valence-electron chi connectivity index (χ0n) is 11.9. The highest BCUT2D eigenvalue weighted by molar-refractivity contribution is 5.70. The Labute approximate surface area is 109 Å². The number of methoxy groups -OCH3 is 1. The van der Waals surface area contributed by atoms with Gasteiger partial charge in [0.05, 0.1) is 13.0 Å². The van der Waals surface area contributed by atoms with E-state index < -0.39 is 5.60 Å². The number of carbonyl (C=O) groups is 1. The number of nitrogens with one attached hydrogen (secondary N) is 1. The Kier molecular flexibility index (Phi) is 5.56. The van der Waals surface area contributed by atoms with Crippen LogP contribution < -0.4 is 5.32 Å². The van der Waals surface area contributed by atoms with Crippen molar-refractivity contribution in [3.63, 3.8) is 0 Å². The molecule has 0 bridgehead atoms. The van der Waals surface area contributed by atoms with Crippen LogP contribution in [0.15, 0.2) is 0 Å². The van der Waals surface area contributed by atoms with Gasteiger partial charge < -0.3 is 19.5 Å². The van der Waals surface area contributed by atoms with Crippen molar-refractivity contribution in [3.05, 3.63) is 0 Å². The molecule has 0 aromatic rings. The van der Waals surface area contributed by atoms with E-state index in [4.69, 9.17) is 14.2 Å². The van der Waals surface area contributed by atoms with Crippen LogP contribution in [-0.2, 0) is 19.0 Å². The number of carbonyl (C=O) groups excluding carboxylic acids is 1. The van der Waals surface area contributed by atoms with Gasteiger partial charge in [-0.1, -0.05) is 0 Å². The molecule has 18 heavy (non-hydrogen) atoms. The summed E-state index contributed by atoms with van der Waals surface area (Å²) >= 11 is 0. The van der Waals surface area contributed by atoms with Crippen LogP contribution >= 0.6 is 0 Å². The van der Waals surface area contributed by atoms with Gasteiger partial charge >= 0.3 is 5.97 Å². The minimum Gasteiger partial charge on any atom is -0.460 e. The molecule has 1 atom stereocenters. The van der Waals surface area contributed by atoms with Crippen molar-refractivity contribution in [3.8, 4) is 0 Å². The Bertz CT molecular complexity index is 267. The first-order chi connectivity index (χ1) is 8.37. The molecule has 0 spiro atoms. The van der Waals surface area contributed by atoms with E-state index in [0.717, 1.165) is 13.0 Å². The van der Waals surface area contributed by atoms with Gasteiger partial charge in [0.2, 0.25) is 0 Å². The van der Waals surface area contributed by atoms with Crippen LogP contribution in [0.1, 0.15) is 33.6 Å². The molecular weight excluding hydrogens is 234 g/mol. The summed E-state index contributed by atoms with van der Waals surface area (Å²) in [6.45, 7) is 8.26. The maximum Gasteiger partial charge on any atom is 0.307 e. The monoisotopic (exact) mass is 259 g/mol. The quantitative estimate of drug-likeness (QED) is 0.572. The molecule has 0 aliphatic carbocycles. The van der Waals surface area contributed by atoms with Gasteiger partial charge in [-0.15, -0.1) is 0 Å². The molecule has 0 radical (unpaired) electrons. The summed E-state index contributed by atoms with van der Waals surface area (Å²) in [7, 11) is 1.70. The maximum absolute atomic E-state index is 11.5. The normalized spacial score (nSPS) is 24.2. The van der Waals surface area contributed by atoms with E-state index in [1.54, 1.807) is 7.11 Å². The molecule has 5 heteroatoms. The van der Waals surface area contributed by atoms with Gasteiger partial charge in [-0.05, 0) is 20.8 Å². The summed E-state index contributed by atoms with van der Waals surface area (Å²) < 4.78 is 16.0. The Morgan fingerprint density at radius 3 is 2.67 bits per heavy atom. The van der Waals surface area contributed by atoms with Crippen LogP contribution in [0, 0.1) is 0 Å². The van der Waals surface area contributed by atoms with Gasteiger partial charge in [-0.2, -0.15) is 0 Å². The average Bonchev–Trinajstić information content (AvgIpc) is 2.71. The third-order valence-corrected chi connectivity index (χ3v) is 2.87. The van der Waals surface area contributed by atoms with E-state index >= 15 is 0 Å². The van der Waals surface area contributed by atoms with Crippen molar-refractivity contribution in [2.75, 3.05) is 33.4 Å². The number of rotatable bonds is 6. The zero-order chi connectivity index (χ0) is 13.6. The molecule has 106 valence electrons. The molecule has 1 rings (SSSR count). The zero-order valence-corrected chi connectivity index (χ0v) is 11.9. The summed E-state index contributed by atoms with van der Waals surface area (Å²) in [5.74, 6) is -0.177. The van der Waals surface area contributed by atoms with E-state index in [9.17, 15) is 4.79 Å². The molecule has 0 saturated carbocycles. The molecule has 5 nitrogen and oxygen atoms in total. The Morgan fingerprint density at radius 2 is 2.17 bits per heavy atom. The first kappa shape index (κ1) is 15.4. The highest BCUT2D eigenvalue weighted by Gasteiger charge is 2.34. The minimum absolute atomic E-state index is 0.177. The average molecular weight is 259 g/mol. The molecule has 1 unspecified atom stereocenters. The number of hydrogen-bond donors (Lipinski definition) is 1. The molecule has 1 fully saturated rings. The fourth-order valence-corrected chi connectivity index (χ4v) is 1.86. The summed E-state index contributed by atoms with van der Waals surface area (Å²) in [5, 5.41) is 3.23. The molecule has 1 N–H and O–H groups in total. The lowest BCUT2D eigenvalue weighted by molar-refractivity contribution is -0.154. The second-order valence-corrected chi connectivity index (χ2v) is 5.70. The smallest absolute Gasteiger partial charge is 0.307 e. The fourth-order valence-electron chi connectivity index (χ4n) is 1.86. The van der Waals surface area contributed by atoms with Crippen molar-refractivity contribution in [2.45, 2.75) is 44.8 Å². The summed E-state index contributed by atoms with van der Waals surface area (Å²) in [6, 6.07) is 0. The minimum atomic E-state index is -0.413. The van der Waals surface area contributed by atoms with Gasteiger partial charge in [0.1, 0.15) is 11.2 Å². The first-order valence-corrected chi connectivity index (χ1v) is 6.42. The van der Waals surface area contributed by atoms with Crippen molar-refractivity contribution in [1.29, 1.82) is 0 Å². The Morgan fingerprint density at radius 1 is 1.44 bits per heavy atom. The van der Waals surface area contributed by atoms with Crippen molar-refractivity contribution in [1.82, 2.24) is 5.32 Å². The fraction of sp³-hybridized carbons (Fsp3) is 0.923. The molecule has 0 amide bonds. The molecule has 1 saturated heterocycles. The SMILES string of the molecule is COC1(CNCCC(=O)OC(C)(C)C)CCOC1. The highest BCUT2D eigenvalue weighted by atomic mass is 16.6. The van der Waals surface area contributed by atoms with Gasteiger partial charge in [-0.3, -0.25) is 4.79 Å². The molecule has 0 aromatic carbocycles. The van der Waals surface area contributed by atoms with Crippen LogP contribution in [0.4, 0.5) is 0 Å². The van der Waals surface area contributed by atoms with E-state index in [-0.39, 0.29) is 11.6 Å². The van der Waals surface area contributed by atoms with Gasteiger partial charge in [0.15, 0.2) is 0 Å². The summed E-state index contributed by atoms with van der Waals surface area (Å²) in [4.78, 5) is 11.5. The van der Waals surface area contributed by atoms with Crippen molar-refractivity contribution in [2.24, 2.45) is 0 Å². The van der Waals surface area contributed by atoms with Gasteiger partial charge in [-0.25, -0.2) is 0 Å². The van der Waals surface area contributed by atoms with Crippen LogP contribution in [0.2, 0.25) is 0 Å². The Balaban J connectivity index is 2.16. The third kappa shape index (κ3) is 5.33. The van der Waals surface area contributed by atoms with Crippen molar-refractivity contribution < 1.29 is 19.0 Å². The number of ether oxygens (including phenoxy) is 3. The first-order valence-electron chi connectivity index (χ1n) is 6.42. The van der Waals surface area contributed by atoms with Gasteiger partial charge in [0, 0.05) is 33.2 Å².